The van der Waals surface area contributed by atoms with Crippen LogP contribution in [-0.4, -0.2) is 84.5 Å². The van der Waals surface area contributed by atoms with E-state index in [4.69, 9.17) is 19.7 Å². The highest BCUT2D eigenvalue weighted by molar-refractivity contribution is 5.90. The van der Waals surface area contributed by atoms with Gasteiger partial charge in [-0.2, -0.15) is 0 Å². The molecule has 10 nitrogen and oxygen atoms in total. The molecule has 0 aliphatic rings. The summed E-state index contributed by atoms with van der Waals surface area (Å²) in [5.41, 5.74) is 4.57. The van der Waals surface area contributed by atoms with Gasteiger partial charge in [-0.1, -0.05) is 43.0 Å². The topological polar surface area (TPSA) is 130 Å². The van der Waals surface area contributed by atoms with Gasteiger partial charge in [0.05, 0.1) is 25.2 Å². The van der Waals surface area contributed by atoms with Gasteiger partial charge in [0.1, 0.15) is 32.8 Å². The van der Waals surface area contributed by atoms with E-state index in [1.54, 1.807) is 0 Å². The first-order valence-electron chi connectivity index (χ1n) is 14.2. The third-order valence-corrected chi connectivity index (χ3v) is 7.00. The van der Waals surface area contributed by atoms with E-state index >= 15 is 0 Å². The Morgan fingerprint density at radius 2 is 1.21 bits per heavy atom. The highest BCUT2D eigenvalue weighted by Crippen LogP contribution is 2.18. The Morgan fingerprint density at radius 3 is 1.63 bits per heavy atom. The van der Waals surface area contributed by atoms with Crippen LogP contribution in [0, 0.1) is 0 Å². The zero-order chi connectivity index (χ0) is 32.6. The van der Waals surface area contributed by atoms with Crippen LogP contribution in [0.15, 0.2) is 67.3 Å². The number of allylic oxidation sites excluding steroid dienone is 1. The molecule has 0 radical (unpaired) electrons. The van der Waals surface area contributed by atoms with E-state index in [1.165, 1.54) is 66.4 Å². The van der Waals surface area contributed by atoms with Gasteiger partial charge in [-0.25, -0.2) is 9.59 Å². The first kappa shape index (κ1) is 36.6. The summed E-state index contributed by atoms with van der Waals surface area (Å²) in [6, 6.07) is 14.5. The molecule has 2 aromatic carbocycles. The SMILES string of the molecule is C=C(C)C(=O)OCCOC(=O)c1ccc(N(CC(=O)O)CC(=O)O)cc1.C=C(C)c1ccc(C[N+](CC)(CC)CC)cc1. The minimum absolute atomic E-state index is 0.111. The summed E-state index contributed by atoms with van der Waals surface area (Å²) in [4.78, 5) is 45.8. The summed E-state index contributed by atoms with van der Waals surface area (Å²) in [5, 5.41) is 17.7. The molecule has 0 saturated carbocycles. The lowest BCUT2D eigenvalue weighted by atomic mass is 10.1. The normalized spacial score (nSPS) is 10.5. The average Bonchev–Trinajstić information content (AvgIpc) is 2.97. The van der Waals surface area contributed by atoms with Crippen LogP contribution in [0.1, 0.15) is 56.1 Å². The molecular formula is C33H45N2O8+. The number of carbonyl (C=O) groups excluding carboxylic acids is 2. The number of esters is 2. The first-order valence-corrected chi connectivity index (χ1v) is 14.2. The summed E-state index contributed by atoms with van der Waals surface area (Å²) >= 11 is 0. The van der Waals surface area contributed by atoms with Gasteiger partial charge in [-0.05, 0) is 64.4 Å². The number of aliphatic carboxylic acids is 2. The van der Waals surface area contributed by atoms with Crippen molar-refractivity contribution in [3.8, 4) is 0 Å². The summed E-state index contributed by atoms with van der Waals surface area (Å²) in [5.74, 6) is -3.61. The molecule has 2 rings (SSSR count). The van der Waals surface area contributed by atoms with Gasteiger partial charge in [0.2, 0.25) is 0 Å². The summed E-state index contributed by atoms with van der Waals surface area (Å²) in [6.07, 6.45) is 0. The Labute approximate surface area is 254 Å². The molecular weight excluding hydrogens is 552 g/mol. The van der Waals surface area contributed by atoms with E-state index in [2.05, 4.69) is 65.1 Å². The van der Waals surface area contributed by atoms with Crippen molar-refractivity contribution in [2.45, 2.75) is 41.2 Å². The largest absolute Gasteiger partial charge is 0.480 e. The van der Waals surface area contributed by atoms with Gasteiger partial charge in [-0.3, -0.25) is 9.59 Å². The molecule has 0 aliphatic heterocycles. The molecule has 0 aromatic heterocycles. The average molecular weight is 598 g/mol. The maximum absolute atomic E-state index is 11.9. The molecule has 2 N–H and O–H groups in total. The lowest BCUT2D eigenvalue weighted by Crippen LogP contribution is -2.46. The second-order valence-corrected chi connectivity index (χ2v) is 10.2. The summed E-state index contributed by atoms with van der Waals surface area (Å²) < 4.78 is 10.9. The van der Waals surface area contributed by atoms with Crippen molar-refractivity contribution in [2.75, 3.05) is 50.8 Å². The number of hydrogen-bond acceptors (Lipinski definition) is 7. The number of carboxylic acids is 2. The van der Waals surface area contributed by atoms with Crippen LogP contribution in [0.2, 0.25) is 0 Å². The Bertz CT molecular complexity index is 1220. The van der Waals surface area contributed by atoms with Crippen molar-refractivity contribution in [1.29, 1.82) is 0 Å². The number of nitrogens with zero attached hydrogens (tertiary/aromatic N) is 2. The Kier molecular flexibility index (Phi) is 15.5. The third-order valence-electron chi connectivity index (χ3n) is 7.00. The van der Waals surface area contributed by atoms with Crippen molar-refractivity contribution in [3.05, 3.63) is 84.0 Å². The molecule has 10 heteroatoms. The molecule has 0 spiro atoms. The van der Waals surface area contributed by atoms with Crippen molar-refractivity contribution in [1.82, 2.24) is 0 Å². The summed E-state index contributed by atoms with van der Waals surface area (Å²) in [7, 11) is 0. The van der Waals surface area contributed by atoms with Gasteiger partial charge in [0.25, 0.3) is 0 Å². The van der Waals surface area contributed by atoms with Crippen LogP contribution < -0.4 is 4.90 Å². The molecule has 0 atom stereocenters. The van der Waals surface area contributed by atoms with Crippen LogP contribution in [0.25, 0.3) is 5.57 Å². The molecule has 43 heavy (non-hydrogen) atoms. The Hall–Kier alpha value is -4.44. The molecule has 0 heterocycles. The number of benzene rings is 2. The van der Waals surface area contributed by atoms with Crippen molar-refractivity contribution < 1.29 is 43.3 Å². The van der Waals surface area contributed by atoms with Gasteiger partial charge in [0.15, 0.2) is 0 Å². The number of rotatable bonds is 16. The third kappa shape index (κ3) is 13.0. The Balaban J connectivity index is 0.000000469. The number of hydrogen-bond donors (Lipinski definition) is 2. The van der Waals surface area contributed by atoms with E-state index in [0.717, 1.165) is 17.0 Å². The van der Waals surface area contributed by atoms with E-state index in [9.17, 15) is 19.2 Å². The molecule has 234 valence electrons. The first-order chi connectivity index (χ1) is 20.3. The summed E-state index contributed by atoms with van der Waals surface area (Å²) in [6.45, 7) is 21.3. The van der Waals surface area contributed by atoms with E-state index in [0.29, 0.717) is 5.69 Å². The lowest BCUT2D eigenvalue weighted by Gasteiger charge is -2.35. The number of ether oxygens (including phenoxy) is 2. The highest BCUT2D eigenvalue weighted by atomic mass is 16.6. The predicted octanol–water partition coefficient (Wildman–Crippen LogP) is 5.03. The van der Waals surface area contributed by atoms with E-state index in [1.807, 2.05) is 0 Å². The number of carboxylic acid groups (broad SMARTS) is 2. The van der Waals surface area contributed by atoms with E-state index < -0.39 is 37.0 Å². The van der Waals surface area contributed by atoms with Crippen LogP contribution in [0.5, 0.6) is 0 Å². The van der Waals surface area contributed by atoms with Gasteiger partial charge >= 0.3 is 23.9 Å². The molecule has 0 amide bonds. The minimum atomic E-state index is -1.18. The van der Waals surface area contributed by atoms with Crippen LogP contribution in [0.4, 0.5) is 5.69 Å². The van der Waals surface area contributed by atoms with Crippen LogP contribution in [-0.2, 0) is 30.4 Å². The zero-order valence-corrected chi connectivity index (χ0v) is 25.9. The quantitative estimate of drug-likeness (QED) is 0.118. The van der Waals surface area contributed by atoms with Crippen LogP contribution >= 0.6 is 0 Å². The van der Waals surface area contributed by atoms with Crippen LogP contribution in [0.3, 0.4) is 0 Å². The van der Waals surface area contributed by atoms with Gasteiger partial charge in [0, 0.05) is 16.8 Å². The monoisotopic (exact) mass is 597 g/mol. The van der Waals surface area contributed by atoms with Gasteiger partial charge in [-0.15, -0.1) is 0 Å². The standard InChI is InChI=1S/C17H19NO8.C16H26N/c1-11(2)16(23)25-7-8-26-17(24)12-3-5-13(6-4-12)18(9-14(19)20)10-15(21)22;1-6-17(7-2,8-3)13-15-9-11-16(12-10-15)14(4)5/h3-6H,1,7-10H2,2H3,(H,19,20)(H,21,22);9-12H,4,6-8,13H2,1-3,5H3/q;+1. The van der Waals surface area contributed by atoms with Gasteiger partial charge < -0.3 is 29.1 Å². The van der Waals surface area contributed by atoms with Crippen molar-refractivity contribution in [3.63, 3.8) is 0 Å². The second-order valence-electron chi connectivity index (χ2n) is 10.2. The fraction of sp³-hybridized carbons (Fsp3) is 0.394. The Morgan fingerprint density at radius 1 is 0.744 bits per heavy atom. The molecule has 0 bridgehead atoms. The van der Waals surface area contributed by atoms with Crippen molar-refractivity contribution >= 4 is 35.1 Å². The fourth-order valence-corrected chi connectivity index (χ4v) is 4.14. The van der Waals surface area contributed by atoms with E-state index in [-0.39, 0.29) is 24.4 Å². The molecule has 0 saturated heterocycles. The maximum atomic E-state index is 11.9. The maximum Gasteiger partial charge on any atom is 0.338 e. The molecule has 0 aliphatic carbocycles. The zero-order valence-electron chi connectivity index (χ0n) is 25.9. The fourth-order valence-electron chi connectivity index (χ4n) is 4.14. The number of quaternary nitrogens is 1. The smallest absolute Gasteiger partial charge is 0.338 e. The molecule has 0 fully saturated rings. The predicted molar refractivity (Wildman–Crippen MR) is 167 cm³/mol. The molecule has 0 unspecified atom stereocenters. The highest BCUT2D eigenvalue weighted by Gasteiger charge is 2.21. The molecule has 2 aromatic rings. The number of anilines is 1. The number of carbonyl (C=O) groups is 4. The minimum Gasteiger partial charge on any atom is -0.480 e. The lowest BCUT2D eigenvalue weighted by molar-refractivity contribution is -0.936. The second kappa shape index (κ2) is 18.2. The van der Waals surface area contributed by atoms with Crippen molar-refractivity contribution in [2.24, 2.45) is 0 Å².